The number of methoxy groups -OCH3 is 1. The number of halogens is 3. The van der Waals surface area contributed by atoms with E-state index in [1.165, 1.54) is 18.2 Å². The number of hydrogen-bond acceptors (Lipinski definition) is 3. The lowest BCUT2D eigenvalue weighted by Crippen LogP contribution is -2.49. The molecule has 0 amide bonds. The molecule has 0 aliphatic carbocycles. The molecule has 0 fully saturated rings. The van der Waals surface area contributed by atoms with Gasteiger partial charge in [0, 0.05) is 23.0 Å². The minimum Gasteiger partial charge on any atom is -0.468 e. The van der Waals surface area contributed by atoms with Crippen LogP contribution in [0.1, 0.15) is 28.4 Å². The third-order valence-corrected chi connectivity index (χ3v) is 5.09. The fourth-order valence-electron chi connectivity index (χ4n) is 3.10. The largest absolute Gasteiger partial charge is 0.468 e. The van der Waals surface area contributed by atoms with E-state index in [-0.39, 0.29) is 5.97 Å². The van der Waals surface area contributed by atoms with Gasteiger partial charge in [0.15, 0.2) is 0 Å². The SMILES string of the molecule is COC(=O)C1Cc2c([nH]c3cc(C)c(C)cc23)[C@@H](C(Cl)(Cl)Cl)N1. The van der Waals surface area contributed by atoms with Crippen molar-refractivity contribution in [3.63, 3.8) is 0 Å². The smallest absolute Gasteiger partial charge is 0.323 e. The van der Waals surface area contributed by atoms with Crippen LogP contribution >= 0.6 is 34.8 Å². The Hall–Kier alpha value is -0.940. The Morgan fingerprint density at radius 2 is 1.91 bits per heavy atom. The lowest BCUT2D eigenvalue weighted by Gasteiger charge is -2.33. The average Bonchev–Trinajstić information content (AvgIpc) is 2.82. The molecule has 0 saturated carbocycles. The third-order valence-electron chi connectivity index (χ3n) is 4.43. The van der Waals surface area contributed by atoms with Crippen molar-refractivity contribution in [3.8, 4) is 0 Å². The predicted molar refractivity (Wildman–Crippen MR) is 93.4 cm³/mol. The van der Waals surface area contributed by atoms with E-state index in [1.54, 1.807) is 0 Å². The van der Waals surface area contributed by atoms with Crippen molar-refractivity contribution in [3.05, 3.63) is 34.5 Å². The molecule has 2 heterocycles. The second kappa shape index (κ2) is 5.85. The van der Waals surface area contributed by atoms with E-state index >= 15 is 0 Å². The Morgan fingerprint density at radius 1 is 1.26 bits per heavy atom. The van der Waals surface area contributed by atoms with Crippen LogP contribution in [0.25, 0.3) is 10.9 Å². The molecular weight excluding hydrogens is 359 g/mol. The van der Waals surface area contributed by atoms with Crippen molar-refractivity contribution < 1.29 is 9.53 Å². The first-order chi connectivity index (χ1) is 10.7. The van der Waals surface area contributed by atoms with Crippen molar-refractivity contribution in [1.82, 2.24) is 10.3 Å². The van der Waals surface area contributed by atoms with Gasteiger partial charge in [0.2, 0.25) is 3.79 Å². The Morgan fingerprint density at radius 3 is 2.52 bits per heavy atom. The quantitative estimate of drug-likeness (QED) is 0.587. The van der Waals surface area contributed by atoms with Crippen LogP contribution in [0.3, 0.4) is 0 Å². The Balaban J connectivity index is 2.20. The fraction of sp³-hybridized carbons (Fsp3) is 0.438. The summed E-state index contributed by atoms with van der Waals surface area (Å²) in [5.41, 5.74) is 5.14. The molecule has 0 saturated heterocycles. The summed E-state index contributed by atoms with van der Waals surface area (Å²) in [7, 11) is 1.35. The zero-order valence-corrected chi connectivity index (χ0v) is 15.2. The zero-order valence-electron chi connectivity index (χ0n) is 13.0. The van der Waals surface area contributed by atoms with Gasteiger partial charge in [0.25, 0.3) is 0 Å². The summed E-state index contributed by atoms with van der Waals surface area (Å²) in [5, 5.41) is 4.14. The number of hydrogen-bond donors (Lipinski definition) is 2. The van der Waals surface area contributed by atoms with Crippen LogP contribution in [0.4, 0.5) is 0 Å². The maximum absolute atomic E-state index is 12.0. The normalized spacial score (nSPS) is 21.3. The van der Waals surface area contributed by atoms with Gasteiger partial charge < -0.3 is 9.72 Å². The van der Waals surface area contributed by atoms with Crippen molar-refractivity contribution in [2.75, 3.05) is 7.11 Å². The van der Waals surface area contributed by atoms with E-state index in [1.807, 2.05) is 0 Å². The van der Waals surface area contributed by atoms with Crippen molar-refractivity contribution in [2.45, 2.75) is 36.1 Å². The molecule has 1 aromatic heterocycles. The van der Waals surface area contributed by atoms with Gasteiger partial charge in [-0.1, -0.05) is 34.8 Å². The van der Waals surface area contributed by atoms with Gasteiger partial charge >= 0.3 is 5.97 Å². The van der Waals surface area contributed by atoms with Crippen molar-refractivity contribution >= 4 is 51.7 Å². The second-order valence-corrected chi connectivity index (χ2v) is 8.29. The molecule has 1 aliphatic heterocycles. The van der Waals surface area contributed by atoms with E-state index in [9.17, 15) is 4.79 Å². The average molecular weight is 376 g/mol. The van der Waals surface area contributed by atoms with Crippen molar-refractivity contribution in [2.24, 2.45) is 0 Å². The minimum atomic E-state index is -1.59. The molecule has 2 N–H and O–H groups in total. The Labute approximate surface area is 149 Å². The predicted octanol–water partition coefficient (Wildman–Crippen LogP) is 3.88. The molecule has 124 valence electrons. The first kappa shape index (κ1) is 16.9. The number of alkyl halides is 3. The summed E-state index contributed by atoms with van der Waals surface area (Å²) < 4.78 is 3.27. The summed E-state index contributed by atoms with van der Waals surface area (Å²) in [6.07, 6.45) is 0.488. The number of aromatic amines is 1. The number of fused-ring (bicyclic) bond motifs is 3. The minimum absolute atomic E-state index is 0.368. The number of nitrogens with one attached hydrogen (secondary N) is 2. The lowest BCUT2D eigenvalue weighted by molar-refractivity contribution is -0.143. The highest BCUT2D eigenvalue weighted by Gasteiger charge is 2.43. The van der Waals surface area contributed by atoms with Gasteiger partial charge in [-0.15, -0.1) is 0 Å². The molecule has 4 nitrogen and oxygen atoms in total. The van der Waals surface area contributed by atoms with E-state index < -0.39 is 15.9 Å². The second-order valence-electron chi connectivity index (χ2n) is 5.92. The molecule has 0 radical (unpaired) electrons. The molecular formula is C16H17Cl3N2O2. The lowest BCUT2D eigenvalue weighted by atomic mass is 9.93. The van der Waals surface area contributed by atoms with Gasteiger partial charge in [0.05, 0.1) is 13.2 Å². The monoisotopic (exact) mass is 374 g/mol. The molecule has 2 atom stereocenters. The number of esters is 1. The molecule has 7 heteroatoms. The summed E-state index contributed by atoms with van der Waals surface area (Å²) in [4.78, 5) is 15.4. The van der Waals surface area contributed by atoms with E-state index in [4.69, 9.17) is 39.5 Å². The number of benzene rings is 1. The molecule has 1 aromatic carbocycles. The van der Waals surface area contributed by atoms with Crippen LogP contribution in [0.15, 0.2) is 12.1 Å². The number of ether oxygens (including phenoxy) is 1. The zero-order chi connectivity index (χ0) is 16.9. The highest BCUT2D eigenvalue weighted by molar-refractivity contribution is 6.68. The van der Waals surface area contributed by atoms with Gasteiger partial charge in [0.1, 0.15) is 6.04 Å². The van der Waals surface area contributed by atoms with Crippen LogP contribution in [0, 0.1) is 13.8 Å². The van der Waals surface area contributed by atoms with Crippen LogP contribution in [-0.4, -0.2) is 27.9 Å². The van der Waals surface area contributed by atoms with Gasteiger partial charge in [-0.25, -0.2) is 0 Å². The molecule has 1 unspecified atom stereocenters. The van der Waals surface area contributed by atoms with Crippen LogP contribution < -0.4 is 5.32 Å². The highest BCUT2D eigenvalue weighted by Crippen LogP contribution is 2.45. The Bertz CT molecular complexity index is 780. The molecule has 2 aromatic rings. The van der Waals surface area contributed by atoms with Crippen LogP contribution in [-0.2, 0) is 16.0 Å². The molecule has 3 rings (SSSR count). The Kier molecular flexibility index (Phi) is 4.30. The summed E-state index contributed by atoms with van der Waals surface area (Å²) >= 11 is 18.4. The fourth-order valence-corrected chi connectivity index (χ4v) is 3.62. The molecule has 1 aliphatic rings. The molecule has 23 heavy (non-hydrogen) atoms. The van der Waals surface area contributed by atoms with Gasteiger partial charge in [-0.05, 0) is 42.7 Å². The maximum atomic E-state index is 12.0. The molecule has 0 bridgehead atoms. The number of H-pyrrole nitrogens is 1. The summed E-state index contributed by atoms with van der Waals surface area (Å²) in [5.74, 6) is -0.368. The number of aromatic nitrogens is 1. The standard InChI is InChI=1S/C16H17Cl3N2O2/c1-7-4-9-10-6-12(15(22)23-3)21-14(16(17,18)19)13(10)20-11(9)5-8(7)2/h4-5,12,14,20-21H,6H2,1-3H3/t12?,14-/m0/s1. The van der Waals surface area contributed by atoms with E-state index in [2.05, 4.69) is 36.3 Å². The number of rotatable bonds is 1. The van der Waals surface area contributed by atoms with Gasteiger partial charge in [-0.3, -0.25) is 10.1 Å². The van der Waals surface area contributed by atoms with Gasteiger partial charge in [-0.2, -0.15) is 0 Å². The maximum Gasteiger partial charge on any atom is 0.323 e. The van der Waals surface area contributed by atoms with Crippen molar-refractivity contribution in [1.29, 1.82) is 0 Å². The van der Waals surface area contributed by atoms with Crippen LogP contribution in [0.2, 0.25) is 0 Å². The summed E-state index contributed by atoms with van der Waals surface area (Å²) in [6.45, 7) is 4.11. The number of carbonyl (C=O) groups is 1. The molecule has 0 spiro atoms. The highest BCUT2D eigenvalue weighted by atomic mass is 35.6. The number of aryl methyl sites for hydroxylation is 2. The first-order valence-electron chi connectivity index (χ1n) is 7.24. The third kappa shape index (κ3) is 2.93. The first-order valence-corrected chi connectivity index (χ1v) is 8.38. The summed E-state index contributed by atoms with van der Waals surface area (Å²) in [6, 6.07) is 3.02. The number of carbonyl (C=O) groups excluding carboxylic acids is 1. The van der Waals surface area contributed by atoms with E-state index in [0.29, 0.717) is 6.42 Å². The topological polar surface area (TPSA) is 54.1 Å². The van der Waals surface area contributed by atoms with Crippen LogP contribution in [0.5, 0.6) is 0 Å². The van der Waals surface area contributed by atoms with E-state index in [0.717, 1.165) is 22.2 Å².